The summed E-state index contributed by atoms with van der Waals surface area (Å²) in [6.45, 7) is 15.2. The van der Waals surface area contributed by atoms with Crippen molar-refractivity contribution in [1.82, 2.24) is 33.6 Å². The second kappa shape index (κ2) is 13.9. The highest BCUT2D eigenvalue weighted by Gasteiger charge is 2.31. The molecule has 0 atom stereocenters. The van der Waals surface area contributed by atoms with E-state index in [2.05, 4.69) is 34.7 Å². The first-order valence-electron chi connectivity index (χ1n) is 16.3. The number of allylic oxidation sites excluding steroid dienone is 2. The van der Waals surface area contributed by atoms with Crippen molar-refractivity contribution < 1.29 is 27.4 Å². The number of benzene rings is 2. The van der Waals surface area contributed by atoms with Crippen LogP contribution >= 0.6 is 11.6 Å². The molecule has 13 nitrogen and oxygen atoms in total. The number of ether oxygens (including phenoxy) is 3. The van der Waals surface area contributed by atoms with Crippen LogP contribution in [0.5, 0.6) is 11.5 Å². The maximum atomic E-state index is 12.8. The Balaban J connectivity index is 1.18. The Bertz CT molecular complexity index is 2300. The van der Waals surface area contributed by atoms with Gasteiger partial charge >= 0.3 is 6.09 Å². The maximum Gasteiger partial charge on any atom is 0.428 e. The van der Waals surface area contributed by atoms with Crippen LogP contribution in [0, 0.1) is 6.92 Å². The molecule has 0 bridgehead atoms. The molecular weight excluding hydrogens is 710 g/mol. The van der Waals surface area contributed by atoms with Crippen LogP contribution in [0.15, 0.2) is 72.2 Å². The van der Waals surface area contributed by atoms with E-state index in [0.29, 0.717) is 62.0 Å². The van der Waals surface area contributed by atoms with Gasteiger partial charge in [-0.2, -0.15) is 9.40 Å². The van der Waals surface area contributed by atoms with E-state index < -0.39 is 29.8 Å². The Morgan fingerprint density at radius 2 is 1.80 bits per heavy atom. The molecule has 3 aromatic heterocycles. The summed E-state index contributed by atoms with van der Waals surface area (Å²) in [6, 6.07) is 10.3. The number of halogens is 1. The summed E-state index contributed by atoms with van der Waals surface area (Å²) in [7, 11) is -5.28. The van der Waals surface area contributed by atoms with Crippen LogP contribution in [0.3, 0.4) is 0 Å². The zero-order chi connectivity index (χ0) is 36.7. The van der Waals surface area contributed by atoms with Gasteiger partial charge in [0, 0.05) is 38.7 Å². The normalized spacial score (nSPS) is 14.7. The quantitative estimate of drug-likeness (QED) is 0.102. The molecule has 1 amide bonds. The standard InChI is InChI=1S/C35H40ClN7O6SSi/c1-23-39-27-9-8-26(16-30(27)42(23)22-47-14-15-51(5,6)7)48-31-11-10-28-33(32(31)36)40-29(18-37-28)25-17-38-41(20-25)19-24-12-13-43(50(45,46)21-24)34(44)49-35(2,3)4/h8-13,16-18,20-21H,14-15,19,22H2,1-7H3. The Morgan fingerprint density at radius 1 is 1.04 bits per heavy atom. The highest BCUT2D eigenvalue weighted by atomic mass is 35.5. The predicted octanol–water partition coefficient (Wildman–Crippen LogP) is 7.89. The van der Waals surface area contributed by atoms with Crippen molar-refractivity contribution in [1.29, 1.82) is 0 Å². The Morgan fingerprint density at radius 3 is 2.53 bits per heavy atom. The summed E-state index contributed by atoms with van der Waals surface area (Å²) in [5, 5.41) is 5.70. The van der Waals surface area contributed by atoms with Crippen molar-refractivity contribution in [3.63, 3.8) is 0 Å². The van der Waals surface area contributed by atoms with E-state index in [0.717, 1.165) is 28.3 Å². The highest BCUT2D eigenvalue weighted by Crippen LogP contribution is 2.36. The van der Waals surface area contributed by atoms with E-state index in [4.69, 9.17) is 30.8 Å². The third-order valence-corrected chi connectivity index (χ3v) is 11.3. The molecule has 0 radical (unpaired) electrons. The summed E-state index contributed by atoms with van der Waals surface area (Å²) in [6.07, 6.45) is 6.67. The minimum Gasteiger partial charge on any atom is -0.456 e. The zero-order valence-electron chi connectivity index (χ0n) is 29.5. The van der Waals surface area contributed by atoms with Gasteiger partial charge in [0.05, 0.1) is 46.6 Å². The zero-order valence-corrected chi connectivity index (χ0v) is 32.1. The monoisotopic (exact) mass is 749 g/mol. The number of nitrogens with zero attached hydrogens (tertiary/aromatic N) is 7. The lowest BCUT2D eigenvalue weighted by Crippen LogP contribution is -2.37. The molecule has 51 heavy (non-hydrogen) atoms. The van der Waals surface area contributed by atoms with E-state index in [1.807, 2.05) is 29.7 Å². The number of hydrogen-bond donors (Lipinski definition) is 0. The molecule has 1 aliphatic rings. The fourth-order valence-electron chi connectivity index (χ4n) is 5.22. The SMILES string of the molecule is Cc1nc2ccc(Oc3ccc4ncc(-c5cnn(CC6=CS(=O)(=O)N(C(=O)OC(C)(C)C)C=C6)c5)nc4c3Cl)cc2n1COCC[Si](C)(C)C. The van der Waals surface area contributed by atoms with Gasteiger partial charge in [-0.3, -0.25) is 9.67 Å². The van der Waals surface area contributed by atoms with Crippen LogP contribution in [0.2, 0.25) is 30.7 Å². The maximum absolute atomic E-state index is 12.8. The molecule has 5 aromatic rings. The first kappa shape index (κ1) is 36.2. The smallest absolute Gasteiger partial charge is 0.428 e. The first-order chi connectivity index (χ1) is 24.0. The lowest BCUT2D eigenvalue weighted by atomic mass is 10.2. The molecule has 0 aliphatic carbocycles. The third kappa shape index (κ3) is 8.49. The van der Waals surface area contributed by atoms with Gasteiger partial charge in [-0.1, -0.05) is 31.2 Å². The lowest BCUT2D eigenvalue weighted by molar-refractivity contribution is 0.0443. The van der Waals surface area contributed by atoms with Crippen molar-refractivity contribution in [3.05, 3.63) is 83.0 Å². The van der Waals surface area contributed by atoms with Gasteiger partial charge in [0.2, 0.25) is 0 Å². The van der Waals surface area contributed by atoms with Gasteiger partial charge in [-0.25, -0.2) is 23.2 Å². The Kier molecular flexibility index (Phi) is 9.85. The Hall–Kier alpha value is -4.57. The molecule has 6 rings (SSSR count). The van der Waals surface area contributed by atoms with Gasteiger partial charge in [-0.05, 0) is 69.7 Å². The summed E-state index contributed by atoms with van der Waals surface area (Å²) < 4.78 is 47.3. The average molecular weight is 750 g/mol. The second-order valence-corrected chi connectivity index (χ2v) is 22.1. The van der Waals surface area contributed by atoms with Crippen molar-refractivity contribution in [2.75, 3.05) is 6.61 Å². The Labute approximate surface area is 302 Å². The fourth-order valence-corrected chi connectivity index (χ4v) is 7.34. The molecule has 268 valence electrons. The van der Waals surface area contributed by atoms with E-state index >= 15 is 0 Å². The number of imidazole rings is 1. The predicted molar refractivity (Wildman–Crippen MR) is 199 cm³/mol. The number of hydrogen-bond acceptors (Lipinski definition) is 10. The van der Waals surface area contributed by atoms with E-state index in [9.17, 15) is 13.2 Å². The largest absolute Gasteiger partial charge is 0.456 e. The number of carbonyl (C=O) groups excluding carboxylic acids is 1. The first-order valence-corrected chi connectivity index (χ1v) is 21.9. The summed E-state index contributed by atoms with van der Waals surface area (Å²) in [5.41, 5.74) is 3.50. The number of carbonyl (C=O) groups is 1. The third-order valence-electron chi connectivity index (χ3n) is 7.82. The summed E-state index contributed by atoms with van der Waals surface area (Å²) in [5.74, 6) is 1.85. The highest BCUT2D eigenvalue weighted by molar-refractivity contribution is 7.92. The molecule has 0 fully saturated rings. The second-order valence-electron chi connectivity index (χ2n) is 14.4. The molecule has 2 aromatic carbocycles. The molecule has 0 saturated carbocycles. The molecule has 0 spiro atoms. The van der Waals surface area contributed by atoms with E-state index in [1.165, 1.54) is 12.3 Å². The van der Waals surface area contributed by atoms with Crippen LogP contribution < -0.4 is 4.74 Å². The number of amides is 1. The van der Waals surface area contributed by atoms with Gasteiger partial charge in [0.15, 0.2) is 0 Å². The topological polar surface area (TPSA) is 144 Å². The molecule has 0 unspecified atom stereocenters. The van der Waals surface area contributed by atoms with Crippen LogP contribution in [-0.2, 0) is 32.8 Å². The van der Waals surface area contributed by atoms with Gasteiger partial charge in [-0.15, -0.1) is 0 Å². The van der Waals surface area contributed by atoms with Gasteiger partial charge < -0.3 is 18.8 Å². The van der Waals surface area contributed by atoms with Gasteiger partial charge in [0.25, 0.3) is 10.0 Å². The van der Waals surface area contributed by atoms with Crippen LogP contribution in [0.1, 0.15) is 26.6 Å². The van der Waals surface area contributed by atoms with E-state index in [1.54, 1.807) is 56.2 Å². The molecule has 1 aliphatic heterocycles. The van der Waals surface area contributed by atoms with Gasteiger partial charge in [0.1, 0.15) is 40.2 Å². The molecular formula is C35H40ClN7O6SSi. The lowest BCUT2D eigenvalue weighted by Gasteiger charge is -2.25. The van der Waals surface area contributed by atoms with Crippen LogP contribution in [0.25, 0.3) is 33.3 Å². The van der Waals surface area contributed by atoms with Crippen molar-refractivity contribution >= 4 is 57.9 Å². The minimum absolute atomic E-state index is 0.130. The molecule has 0 N–H and O–H groups in total. The van der Waals surface area contributed by atoms with Crippen molar-refractivity contribution in [2.24, 2.45) is 0 Å². The molecule has 0 saturated heterocycles. The number of sulfonamides is 1. The molecule has 4 heterocycles. The number of rotatable bonds is 10. The summed E-state index contributed by atoms with van der Waals surface area (Å²) in [4.78, 5) is 26.4. The number of aryl methyl sites for hydroxylation is 1. The van der Waals surface area contributed by atoms with Crippen LogP contribution in [-0.4, -0.2) is 68.4 Å². The van der Waals surface area contributed by atoms with Crippen molar-refractivity contribution in [2.45, 2.75) is 72.3 Å². The van der Waals surface area contributed by atoms with E-state index in [-0.39, 0.29) is 6.54 Å². The average Bonchev–Trinajstić information content (AvgIpc) is 3.62. The van der Waals surface area contributed by atoms with Crippen LogP contribution in [0.4, 0.5) is 4.79 Å². The summed E-state index contributed by atoms with van der Waals surface area (Å²) >= 11 is 6.86. The van der Waals surface area contributed by atoms with Crippen molar-refractivity contribution in [3.8, 4) is 22.8 Å². The fraction of sp³-hybridized carbons (Fsp3) is 0.343. The molecule has 16 heteroatoms. The minimum atomic E-state index is -4.08. The number of aromatic nitrogens is 6. The number of fused-ring (bicyclic) bond motifs is 2.